The number of aryl methyl sites for hydroxylation is 1. The van der Waals surface area contributed by atoms with Gasteiger partial charge in [0.2, 0.25) is 0 Å². The van der Waals surface area contributed by atoms with Crippen LogP contribution in [0, 0.1) is 13.8 Å². The molecule has 3 aromatic rings. The lowest BCUT2D eigenvalue weighted by Gasteiger charge is -2.27. The van der Waals surface area contributed by atoms with Crippen molar-refractivity contribution in [1.29, 1.82) is 0 Å². The first kappa shape index (κ1) is 20.2. The van der Waals surface area contributed by atoms with Crippen molar-refractivity contribution in [2.24, 2.45) is 0 Å². The van der Waals surface area contributed by atoms with E-state index in [4.69, 9.17) is 35.4 Å². The molecule has 1 fully saturated rings. The van der Waals surface area contributed by atoms with Crippen molar-refractivity contribution in [1.82, 2.24) is 19.8 Å². The highest BCUT2D eigenvalue weighted by Crippen LogP contribution is 2.41. The van der Waals surface area contributed by atoms with Gasteiger partial charge in [-0.15, -0.1) is 0 Å². The molecule has 0 unspecified atom stereocenters. The molecule has 1 aliphatic heterocycles. The highest BCUT2D eigenvalue weighted by Gasteiger charge is 2.40. The number of hydrogen-bond acceptors (Lipinski definition) is 2. The Bertz CT molecular complexity index is 1060. The van der Waals surface area contributed by atoms with Crippen molar-refractivity contribution in [2.75, 3.05) is 6.54 Å². The predicted octanol–water partition coefficient (Wildman–Crippen LogP) is 5.79. The van der Waals surface area contributed by atoms with Gasteiger partial charge >= 0.3 is 0 Å². The van der Waals surface area contributed by atoms with E-state index in [9.17, 15) is 0 Å². The molecule has 1 saturated heterocycles. The molecular formula is C22H22Cl2N4S. The molecule has 3 heterocycles. The summed E-state index contributed by atoms with van der Waals surface area (Å²) in [4.78, 5) is 6.82. The van der Waals surface area contributed by atoms with Crippen LogP contribution in [0.25, 0.3) is 5.69 Å². The van der Waals surface area contributed by atoms with E-state index in [1.165, 1.54) is 5.56 Å². The number of likely N-dealkylation sites (N-methyl/N-ethyl adjacent to an activating group) is 1. The van der Waals surface area contributed by atoms with E-state index in [2.05, 4.69) is 46.6 Å². The highest BCUT2D eigenvalue weighted by molar-refractivity contribution is 7.80. The van der Waals surface area contributed by atoms with Gasteiger partial charge in [-0.3, -0.25) is 4.98 Å². The monoisotopic (exact) mass is 444 g/mol. The lowest BCUT2D eigenvalue weighted by molar-refractivity contribution is 0.329. The van der Waals surface area contributed by atoms with Gasteiger partial charge in [0.05, 0.1) is 28.5 Å². The number of pyridine rings is 1. The average Bonchev–Trinajstić information content (AvgIpc) is 3.18. The molecule has 7 heteroatoms. The summed E-state index contributed by atoms with van der Waals surface area (Å²) in [6.07, 6.45) is 1.82. The number of halogens is 2. The third-order valence-electron chi connectivity index (χ3n) is 5.48. The molecule has 0 saturated carbocycles. The third-order valence-corrected chi connectivity index (χ3v) is 6.37. The van der Waals surface area contributed by atoms with Crippen LogP contribution in [-0.4, -0.2) is 26.1 Å². The van der Waals surface area contributed by atoms with Crippen LogP contribution in [0.15, 0.2) is 48.7 Å². The van der Waals surface area contributed by atoms with Crippen LogP contribution >= 0.6 is 35.4 Å². The molecule has 2 atom stereocenters. The van der Waals surface area contributed by atoms with E-state index < -0.39 is 0 Å². The van der Waals surface area contributed by atoms with E-state index in [0.29, 0.717) is 10.0 Å². The largest absolute Gasteiger partial charge is 0.352 e. The van der Waals surface area contributed by atoms with Gasteiger partial charge in [-0.05, 0) is 75.0 Å². The van der Waals surface area contributed by atoms with Gasteiger partial charge in [0.25, 0.3) is 0 Å². The first-order valence-corrected chi connectivity index (χ1v) is 10.7. The molecule has 1 aliphatic rings. The second kappa shape index (κ2) is 7.98. The molecule has 0 radical (unpaired) electrons. The smallest absolute Gasteiger partial charge is 0.170 e. The highest BCUT2D eigenvalue weighted by atomic mass is 35.5. The molecule has 1 N–H and O–H groups in total. The number of rotatable bonds is 4. The lowest BCUT2D eigenvalue weighted by Crippen LogP contribution is -2.29. The molecule has 29 heavy (non-hydrogen) atoms. The molecular weight excluding hydrogens is 423 g/mol. The van der Waals surface area contributed by atoms with Crippen LogP contribution < -0.4 is 5.32 Å². The normalized spacial score (nSPS) is 18.9. The maximum absolute atomic E-state index is 6.52. The van der Waals surface area contributed by atoms with Crippen molar-refractivity contribution < 1.29 is 0 Å². The minimum atomic E-state index is -0.0155. The summed E-state index contributed by atoms with van der Waals surface area (Å²) in [6.45, 7) is 7.15. The Balaban J connectivity index is 1.85. The number of benzene rings is 1. The Labute approximate surface area is 186 Å². The van der Waals surface area contributed by atoms with Crippen LogP contribution in [0.2, 0.25) is 10.0 Å². The van der Waals surface area contributed by atoms with E-state index >= 15 is 0 Å². The molecule has 2 aromatic heterocycles. The molecule has 4 rings (SSSR count). The number of nitrogens with one attached hydrogen (secondary N) is 1. The summed E-state index contributed by atoms with van der Waals surface area (Å²) in [7, 11) is 0. The molecule has 0 amide bonds. The summed E-state index contributed by atoms with van der Waals surface area (Å²) in [5.41, 5.74) is 5.34. The quantitative estimate of drug-likeness (QED) is 0.516. The second-order valence-corrected chi connectivity index (χ2v) is 8.40. The Kier molecular flexibility index (Phi) is 5.56. The number of aromatic nitrogens is 2. The Morgan fingerprint density at radius 3 is 2.59 bits per heavy atom. The molecule has 1 aromatic carbocycles. The zero-order valence-electron chi connectivity index (χ0n) is 16.5. The summed E-state index contributed by atoms with van der Waals surface area (Å²) in [6, 6.07) is 13.8. The van der Waals surface area contributed by atoms with Crippen LogP contribution in [0.3, 0.4) is 0 Å². The summed E-state index contributed by atoms with van der Waals surface area (Å²) in [5.74, 6) is 0. The fraction of sp³-hybridized carbons (Fsp3) is 0.273. The number of hydrogen-bond donors (Lipinski definition) is 1. The van der Waals surface area contributed by atoms with Crippen molar-refractivity contribution >= 4 is 40.5 Å². The maximum atomic E-state index is 6.52. The Hall–Kier alpha value is -2.08. The standard InChI is InChI=1S/C22H22Cl2N4S/c1-4-27-21(20(26-22(27)29)18-7-5-6-10-25-18)16-11-13(2)28(14(16)3)19-9-8-15(23)12-17(19)24/h5-12,20-21H,4H2,1-3H3,(H,26,29)/t20-,21-/m1/s1. The van der Waals surface area contributed by atoms with E-state index in [1.807, 2.05) is 36.5 Å². The number of nitrogens with zero attached hydrogens (tertiary/aromatic N) is 3. The molecule has 150 valence electrons. The SMILES string of the molecule is CCN1C(=S)N[C@H](c2ccccn2)[C@H]1c1cc(C)n(-c2ccc(Cl)cc2Cl)c1C. The van der Waals surface area contributed by atoms with Gasteiger partial charge in [0.15, 0.2) is 5.11 Å². The Morgan fingerprint density at radius 2 is 1.93 bits per heavy atom. The van der Waals surface area contributed by atoms with Gasteiger partial charge in [-0.2, -0.15) is 0 Å². The van der Waals surface area contributed by atoms with Crippen molar-refractivity contribution in [2.45, 2.75) is 32.9 Å². The second-order valence-electron chi connectivity index (χ2n) is 7.17. The third kappa shape index (κ3) is 3.52. The topological polar surface area (TPSA) is 33.1 Å². The average molecular weight is 445 g/mol. The minimum Gasteiger partial charge on any atom is -0.352 e. The molecule has 0 spiro atoms. The first-order chi connectivity index (χ1) is 13.9. The van der Waals surface area contributed by atoms with Crippen LogP contribution in [0.4, 0.5) is 0 Å². The van der Waals surface area contributed by atoms with Gasteiger partial charge < -0.3 is 14.8 Å². The van der Waals surface area contributed by atoms with E-state index in [1.54, 1.807) is 6.07 Å². The first-order valence-electron chi connectivity index (χ1n) is 9.54. The minimum absolute atomic E-state index is 0.0155. The zero-order valence-corrected chi connectivity index (χ0v) is 18.8. The van der Waals surface area contributed by atoms with Crippen LogP contribution in [0.1, 0.15) is 41.7 Å². The zero-order chi connectivity index (χ0) is 20.7. The summed E-state index contributed by atoms with van der Waals surface area (Å²) >= 11 is 18.3. The van der Waals surface area contributed by atoms with Crippen LogP contribution in [0.5, 0.6) is 0 Å². The summed E-state index contributed by atoms with van der Waals surface area (Å²) in [5, 5.41) is 5.48. The van der Waals surface area contributed by atoms with Crippen LogP contribution in [-0.2, 0) is 0 Å². The van der Waals surface area contributed by atoms with Gasteiger partial charge in [0, 0.05) is 29.2 Å². The maximum Gasteiger partial charge on any atom is 0.170 e. The summed E-state index contributed by atoms with van der Waals surface area (Å²) < 4.78 is 2.18. The van der Waals surface area contributed by atoms with Gasteiger partial charge in [-0.25, -0.2) is 0 Å². The van der Waals surface area contributed by atoms with Crippen molar-refractivity contribution in [3.63, 3.8) is 0 Å². The van der Waals surface area contributed by atoms with Crippen molar-refractivity contribution in [3.05, 3.63) is 81.4 Å². The lowest BCUT2D eigenvalue weighted by atomic mass is 9.97. The number of thiocarbonyl (C=S) groups is 1. The van der Waals surface area contributed by atoms with Crippen molar-refractivity contribution in [3.8, 4) is 5.69 Å². The molecule has 4 nitrogen and oxygen atoms in total. The fourth-order valence-corrected chi connectivity index (χ4v) is 5.07. The van der Waals surface area contributed by atoms with E-state index in [-0.39, 0.29) is 12.1 Å². The Morgan fingerprint density at radius 1 is 1.14 bits per heavy atom. The van der Waals surface area contributed by atoms with E-state index in [0.717, 1.165) is 34.4 Å². The fourth-order valence-electron chi connectivity index (χ4n) is 4.20. The molecule has 0 bridgehead atoms. The molecule has 0 aliphatic carbocycles. The van der Waals surface area contributed by atoms with Gasteiger partial charge in [-0.1, -0.05) is 29.3 Å². The van der Waals surface area contributed by atoms with Gasteiger partial charge in [0.1, 0.15) is 0 Å². The predicted molar refractivity (Wildman–Crippen MR) is 123 cm³/mol.